The van der Waals surface area contributed by atoms with Crippen LogP contribution in [0.1, 0.15) is 38.7 Å². The molecule has 0 aliphatic rings. The average Bonchev–Trinajstić information content (AvgIpc) is 2.74. The summed E-state index contributed by atoms with van der Waals surface area (Å²) in [5, 5.41) is 16.4. The summed E-state index contributed by atoms with van der Waals surface area (Å²) in [6.45, 7) is 3.62. The van der Waals surface area contributed by atoms with Gasteiger partial charge in [-0.05, 0) is 37.3 Å². The van der Waals surface area contributed by atoms with Crippen molar-refractivity contribution in [2.75, 3.05) is 13.1 Å². The highest BCUT2D eigenvalue weighted by Crippen LogP contribution is 2.07. The Labute approximate surface area is 188 Å². The highest BCUT2D eigenvalue weighted by atomic mass is 16.4. The molecule has 32 heavy (non-hydrogen) atoms. The third-order valence-corrected chi connectivity index (χ3v) is 4.72. The number of carboxylic acid groups (broad SMARTS) is 1. The number of amides is 3. The second-order valence-corrected chi connectivity index (χ2v) is 8.09. The van der Waals surface area contributed by atoms with Gasteiger partial charge in [0, 0.05) is 6.42 Å². The zero-order chi connectivity index (χ0) is 24.1. The number of nitrogens with two attached hydrogens (primary N) is 2. The fraction of sp³-hybridized carbons (Fsp3) is 0.545. The van der Waals surface area contributed by atoms with Gasteiger partial charge < -0.3 is 32.5 Å². The molecule has 3 atom stereocenters. The van der Waals surface area contributed by atoms with Gasteiger partial charge in [-0.3, -0.25) is 19.2 Å². The number of nitrogens with one attached hydrogen (secondary N) is 3. The Balaban J connectivity index is 2.97. The molecule has 0 saturated carbocycles. The summed E-state index contributed by atoms with van der Waals surface area (Å²) in [6.07, 6.45) is 1.34. The Morgan fingerprint density at radius 1 is 0.969 bits per heavy atom. The van der Waals surface area contributed by atoms with Crippen LogP contribution in [0.3, 0.4) is 0 Å². The second-order valence-electron chi connectivity index (χ2n) is 8.09. The molecule has 0 bridgehead atoms. The first-order valence-electron chi connectivity index (χ1n) is 10.7. The molecule has 10 heteroatoms. The first kappa shape index (κ1) is 27.1. The number of hydrogen-bond acceptors (Lipinski definition) is 6. The number of carbonyl (C=O) groups excluding carboxylic acids is 3. The lowest BCUT2D eigenvalue weighted by molar-refractivity contribution is -0.138. The molecule has 0 heterocycles. The zero-order valence-corrected chi connectivity index (χ0v) is 18.7. The molecule has 0 aromatic heterocycles. The molecule has 0 radical (unpaired) electrons. The number of hydrogen-bond donors (Lipinski definition) is 6. The standard InChI is InChI=1S/C22H35N5O5/c1-14(2)11-16(24)20(30)27-18(12-15-7-4-3-5-8-15)22(32)26-17(9-6-10-23)21(31)25-13-19(28)29/h3-5,7-8,14,16-18H,6,9-13,23-24H2,1-2H3,(H,25,31)(H,26,32)(H,27,30)(H,28,29)/t16-,17-,18-/m0/s1. The van der Waals surface area contributed by atoms with Crippen molar-refractivity contribution in [2.24, 2.45) is 17.4 Å². The molecule has 1 rings (SSSR count). The maximum atomic E-state index is 13.0. The molecule has 0 aliphatic carbocycles. The van der Waals surface area contributed by atoms with Gasteiger partial charge in [-0.25, -0.2) is 0 Å². The molecule has 178 valence electrons. The first-order chi connectivity index (χ1) is 15.1. The minimum absolute atomic E-state index is 0.202. The summed E-state index contributed by atoms with van der Waals surface area (Å²) >= 11 is 0. The molecule has 10 nitrogen and oxygen atoms in total. The minimum Gasteiger partial charge on any atom is -0.480 e. The number of aliphatic carboxylic acids is 1. The highest BCUT2D eigenvalue weighted by molar-refractivity contribution is 5.93. The van der Waals surface area contributed by atoms with Crippen molar-refractivity contribution in [1.82, 2.24) is 16.0 Å². The number of rotatable bonds is 14. The molecule has 0 aliphatic heterocycles. The lowest BCUT2D eigenvalue weighted by Crippen LogP contribution is -2.56. The Morgan fingerprint density at radius 3 is 2.16 bits per heavy atom. The summed E-state index contributed by atoms with van der Waals surface area (Å²) in [5.74, 6) is -2.64. The van der Waals surface area contributed by atoms with Crippen LogP contribution in [0.5, 0.6) is 0 Å². The van der Waals surface area contributed by atoms with Gasteiger partial charge in [-0.1, -0.05) is 44.2 Å². The van der Waals surface area contributed by atoms with Crippen LogP contribution < -0.4 is 27.4 Å². The van der Waals surface area contributed by atoms with Crippen LogP contribution in [0.2, 0.25) is 0 Å². The van der Waals surface area contributed by atoms with E-state index in [4.69, 9.17) is 16.6 Å². The van der Waals surface area contributed by atoms with E-state index in [0.717, 1.165) is 5.56 Å². The maximum Gasteiger partial charge on any atom is 0.322 e. The van der Waals surface area contributed by atoms with Crippen molar-refractivity contribution in [3.8, 4) is 0 Å². The van der Waals surface area contributed by atoms with Crippen LogP contribution >= 0.6 is 0 Å². The quantitative estimate of drug-likeness (QED) is 0.222. The summed E-state index contributed by atoms with van der Waals surface area (Å²) in [5.41, 5.74) is 12.3. The predicted octanol–water partition coefficient (Wildman–Crippen LogP) is -0.488. The van der Waals surface area contributed by atoms with E-state index in [1.807, 2.05) is 44.2 Å². The van der Waals surface area contributed by atoms with Gasteiger partial charge in [0.2, 0.25) is 17.7 Å². The SMILES string of the molecule is CC(C)C[C@H](N)C(=O)N[C@@H](Cc1ccccc1)C(=O)N[C@@H](CCCN)C(=O)NCC(=O)O. The van der Waals surface area contributed by atoms with Crippen LogP contribution in [0, 0.1) is 5.92 Å². The minimum atomic E-state index is -1.20. The van der Waals surface area contributed by atoms with Crippen molar-refractivity contribution < 1.29 is 24.3 Å². The van der Waals surface area contributed by atoms with E-state index in [1.165, 1.54) is 0 Å². The number of benzene rings is 1. The lowest BCUT2D eigenvalue weighted by atomic mass is 10.0. The molecule has 0 saturated heterocycles. The summed E-state index contributed by atoms with van der Waals surface area (Å²) in [6, 6.07) is 6.41. The van der Waals surface area contributed by atoms with Crippen molar-refractivity contribution in [2.45, 2.75) is 57.7 Å². The topological polar surface area (TPSA) is 177 Å². The zero-order valence-electron chi connectivity index (χ0n) is 18.7. The Hall–Kier alpha value is -2.98. The largest absolute Gasteiger partial charge is 0.480 e. The van der Waals surface area contributed by atoms with Crippen molar-refractivity contribution >= 4 is 23.7 Å². The van der Waals surface area contributed by atoms with E-state index in [1.54, 1.807) is 0 Å². The summed E-state index contributed by atoms with van der Waals surface area (Å²) in [4.78, 5) is 48.8. The van der Waals surface area contributed by atoms with Crippen molar-refractivity contribution in [3.63, 3.8) is 0 Å². The van der Waals surface area contributed by atoms with E-state index in [-0.39, 0.29) is 18.8 Å². The van der Waals surface area contributed by atoms with Gasteiger partial charge in [-0.2, -0.15) is 0 Å². The Bertz CT molecular complexity index is 756. The molecule has 1 aromatic carbocycles. The van der Waals surface area contributed by atoms with E-state index >= 15 is 0 Å². The van der Waals surface area contributed by atoms with E-state index < -0.39 is 48.4 Å². The van der Waals surface area contributed by atoms with Crippen LogP contribution in [-0.4, -0.2) is 60.0 Å². The molecular weight excluding hydrogens is 414 g/mol. The molecule has 8 N–H and O–H groups in total. The van der Waals surface area contributed by atoms with Gasteiger partial charge in [0.05, 0.1) is 6.04 Å². The third kappa shape index (κ3) is 10.4. The second kappa shape index (κ2) is 14.2. The lowest BCUT2D eigenvalue weighted by Gasteiger charge is -2.24. The molecular formula is C22H35N5O5. The van der Waals surface area contributed by atoms with Gasteiger partial charge in [0.25, 0.3) is 0 Å². The van der Waals surface area contributed by atoms with Crippen molar-refractivity contribution in [1.29, 1.82) is 0 Å². The van der Waals surface area contributed by atoms with Crippen LogP contribution in [0.25, 0.3) is 0 Å². The molecule has 3 amide bonds. The average molecular weight is 450 g/mol. The highest BCUT2D eigenvalue weighted by Gasteiger charge is 2.28. The molecule has 1 aromatic rings. The third-order valence-electron chi connectivity index (χ3n) is 4.72. The molecule has 0 spiro atoms. The smallest absolute Gasteiger partial charge is 0.322 e. The van der Waals surface area contributed by atoms with Crippen LogP contribution in [0.15, 0.2) is 30.3 Å². The Kier molecular flexibility index (Phi) is 12.0. The molecule has 0 fully saturated rings. The Morgan fingerprint density at radius 2 is 1.59 bits per heavy atom. The van der Waals surface area contributed by atoms with E-state index in [0.29, 0.717) is 19.4 Å². The van der Waals surface area contributed by atoms with Gasteiger partial charge in [0.15, 0.2) is 0 Å². The maximum absolute atomic E-state index is 13.0. The van der Waals surface area contributed by atoms with Crippen LogP contribution in [-0.2, 0) is 25.6 Å². The number of carboxylic acids is 1. The first-order valence-corrected chi connectivity index (χ1v) is 10.7. The van der Waals surface area contributed by atoms with E-state index in [2.05, 4.69) is 16.0 Å². The monoisotopic (exact) mass is 449 g/mol. The summed E-state index contributed by atoms with van der Waals surface area (Å²) < 4.78 is 0. The fourth-order valence-electron chi connectivity index (χ4n) is 3.10. The van der Waals surface area contributed by atoms with Crippen molar-refractivity contribution in [3.05, 3.63) is 35.9 Å². The normalized spacial score (nSPS) is 13.7. The van der Waals surface area contributed by atoms with Crippen LogP contribution in [0.4, 0.5) is 0 Å². The van der Waals surface area contributed by atoms with E-state index in [9.17, 15) is 19.2 Å². The number of carbonyl (C=O) groups is 4. The van der Waals surface area contributed by atoms with Gasteiger partial charge in [-0.15, -0.1) is 0 Å². The summed E-state index contributed by atoms with van der Waals surface area (Å²) in [7, 11) is 0. The van der Waals surface area contributed by atoms with Gasteiger partial charge in [0.1, 0.15) is 18.6 Å². The fourth-order valence-corrected chi connectivity index (χ4v) is 3.10. The molecule has 0 unspecified atom stereocenters. The predicted molar refractivity (Wildman–Crippen MR) is 120 cm³/mol. The van der Waals surface area contributed by atoms with Gasteiger partial charge >= 0.3 is 5.97 Å².